The van der Waals surface area contributed by atoms with Crippen LogP contribution in [0.3, 0.4) is 0 Å². The second kappa shape index (κ2) is 6.30. The molecule has 2 aliphatic heterocycles. The van der Waals surface area contributed by atoms with E-state index in [4.69, 9.17) is 23.4 Å². The normalized spacial score (nSPS) is 37.5. The van der Waals surface area contributed by atoms with Gasteiger partial charge in [0.1, 0.15) is 17.8 Å². The molecule has 2 rings (SSSR count). The van der Waals surface area contributed by atoms with E-state index in [9.17, 15) is 5.11 Å². The van der Waals surface area contributed by atoms with Gasteiger partial charge in [0.25, 0.3) is 0 Å². The van der Waals surface area contributed by atoms with Gasteiger partial charge in [-0.1, -0.05) is 20.8 Å². The molecule has 0 amide bonds. The Kier molecular flexibility index (Phi) is 5.32. The molecule has 0 radical (unpaired) electrons. The number of hydrogen-bond acceptors (Lipinski definition) is 6. The Balaban J connectivity index is 2.23. The average molecular weight is 363 g/mol. The van der Waals surface area contributed by atoms with Crippen LogP contribution < -0.4 is 0 Å². The summed E-state index contributed by atoms with van der Waals surface area (Å²) in [5.74, 6) is -0.725. The van der Waals surface area contributed by atoms with Gasteiger partial charge in [0.15, 0.2) is 20.4 Å². The van der Waals surface area contributed by atoms with E-state index in [0.29, 0.717) is 0 Å². The van der Waals surface area contributed by atoms with E-state index in [2.05, 4.69) is 33.9 Å². The van der Waals surface area contributed by atoms with Gasteiger partial charge < -0.3 is 28.5 Å². The first-order chi connectivity index (χ1) is 10.8. The number of fused-ring (bicyclic) bond motifs is 1. The van der Waals surface area contributed by atoms with Crippen LogP contribution in [0.15, 0.2) is 0 Å². The highest BCUT2D eigenvalue weighted by Gasteiger charge is 2.64. The lowest BCUT2D eigenvalue weighted by Crippen LogP contribution is -2.58. The SMILES string of the molecule is CO[C@H]1[C@H]2OC(C)(C)O[C@H]2O[C@]1(CO[Si](C)(C)C(C)(C)C)[C@H](C)O. The van der Waals surface area contributed by atoms with Crippen LogP contribution in [0.25, 0.3) is 0 Å². The third-order valence-electron chi connectivity index (χ3n) is 5.63. The number of aliphatic hydroxyl groups is 1. The molecule has 7 heteroatoms. The second-order valence-corrected chi connectivity index (χ2v) is 13.7. The van der Waals surface area contributed by atoms with Gasteiger partial charge in [0.2, 0.25) is 0 Å². The van der Waals surface area contributed by atoms with E-state index >= 15 is 0 Å². The van der Waals surface area contributed by atoms with Crippen molar-refractivity contribution in [1.82, 2.24) is 0 Å². The molecule has 0 unspecified atom stereocenters. The number of hydrogen-bond donors (Lipinski definition) is 1. The summed E-state index contributed by atoms with van der Waals surface area (Å²) in [6, 6.07) is 0. The molecular weight excluding hydrogens is 328 g/mol. The quantitative estimate of drug-likeness (QED) is 0.759. The standard InChI is InChI=1S/C17H34O6Si/c1-11(18)17(10-20-24(8,9)15(2,3)4)13(19-7)12-14(23-17)22-16(5,6)21-12/h11-14,18H,10H2,1-9H3/t11-,12+,13-,14-,17+/m0/s1. The molecule has 0 bridgehead atoms. The maximum atomic E-state index is 10.5. The van der Waals surface area contributed by atoms with Gasteiger partial charge in [-0.05, 0) is 38.9 Å². The summed E-state index contributed by atoms with van der Waals surface area (Å²) >= 11 is 0. The number of aliphatic hydroxyl groups excluding tert-OH is 1. The van der Waals surface area contributed by atoms with Gasteiger partial charge in [0.05, 0.1) is 12.7 Å². The Morgan fingerprint density at radius 2 is 1.75 bits per heavy atom. The summed E-state index contributed by atoms with van der Waals surface area (Å²) < 4.78 is 30.0. The zero-order valence-corrected chi connectivity index (χ0v) is 17.5. The fourth-order valence-electron chi connectivity index (χ4n) is 3.03. The lowest BCUT2D eigenvalue weighted by Gasteiger charge is -2.43. The Morgan fingerprint density at radius 3 is 2.21 bits per heavy atom. The van der Waals surface area contributed by atoms with Crippen LogP contribution >= 0.6 is 0 Å². The first-order valence-corrected chi connectivity index (χ1v) is 11.5. The van der Waals surface area contributed by atoms with Gasteiger partial charge in [-0.2, -0.15) is 0 Å². The molecule has 2 fully saturated rings. The third-order valence-corrected chi connectivity index (χ3v) is 10.1. The molecule has 2 aliphatic rings. The van der Waals surface area contributed by atoms with Crippen LogP contribution in [-0.4, -0.2) is 63.1 Å². The van der Waals surface area contributed by atoms with E-state index in [1.165, 1.54) is 0 Å². The summed E-state index contributed by atoms with van der Waals surface area (Å²) in [5, 5.41) is 10.6. The van der Waals surface area contributed by atoms with E-state index in [1.54, 1.807) is 14.0 Å². The number of ether oxygens (including phenoxy) is 4. The Labute approximate surface area is 146 Å². The van der Waals surface area contributed by atoms with Crippen molar-refractivity contribution in [2.45, 2.75) is 95.7 Å². The fraction of sp³-hybridized carbons (Fsp3) is 1.00. The summed E-state index contributed by atoms with van der Waals surface area (Å²) in [6.07, 6.45) is -2.20. The minimum atomic E-state index is -2.00. The van der Waals surface area contributed by atoms with E-state index in [-0.39, 0.29) is 17.7 Å². The zero-order chi connectivity index (χ0) is 18.6. The minimum absolute atomic E-state index is 0.0684. The first-order valence-electron chi connectivity index (χ1n) is 8.64. The summed E-state index contributed by atoms with van der Waals surface area (Å²) in [7, 11) is -0.395. The largest absolute Gasteiger partial charge is 0.414 e. The number of methoxy groups -OCH3 is 1. The molecule has 1 N–H and O–H groups in total. The molecule has 0 aromatic rings. The van der Waals surface area contributed by atoms with Crippen molar-refractivity contribution in [2.24, 2.45) is 0 Å². The van der Waals surface area contributed by atoms with Crippen molar-refractivity contribution in [3.63, 3.8) is 0 Å². The highest BCUT2D eigenvalue weighted by Crippen LogP contribution is 2.46. The third kappa shape index (κ3) is 3.45. The van der Waals surface area contributed by atoms with Crippen molar-refractivity contribution in [2.75, 3.05) is 13.7 Å². The lowest BCUT2D eigenvalue weighted by atomic mass is 9.91. The number of rotatable bonds is 5. The van der Waals surface area contributed by atoms with Crippen molar-refractivity contribution in [3.05, 3.63) is 0 Å². The van der Waals surface area contributed by atoms with E-state index < -0.39 is 38.2 Å². The Morgan fingerprint density at radius 1 is 1.17 bits per heavy atom. The maximum Gasteiger partial charge on any atom is 0.192 e. The molecule has 142 valence electrons. The summed E-state index contributed by atoms with van der Waals surface area (Å²) in [6.45, 7) is 16.5. The van der Waals surface area contributed by atoms with E-state index in [1.807, 2.05) is 13.8 Å². The van der Waals surface area contributed by atoms with Crippen LogP contribution in [0.2, 0.25) is 18.1 Å². The second-order valence-electron chi connectivity index (χ2n) is 8.92. The lowest BCUT2D eigenvalue weighted by molar-refractivity contribution is -0.265. The minimum Gasteiger partial charge on any atom is -0.414 e. The molecule has 0 aromatic heterocycles. The highest BCUT2D eigenvalue weighted by atomic mass is 28.4. The average Bonchev–Trinajstić information content (AvgIpc) is 2.84. The molecule has 0 aliphatic carbocycles. The molecule has 2 saturated heterocycles. The monoisotopic (exact) mass is 362 g/mol. The van der Waals surface area contributed by atoms with Gasteiger partial charge in [-0.25, -0.2) is 0 Å². The van der Waals surface area contributed by atoms with Crippen molar-refractivity contribution in [1.29, 1.82) is 0 Å². The van der Waals surface area contributed by atoms with Crippen molar-refractivity contribution >= 4 is 8.32 Å². The smallest absolute Gasteiger partial charge is 0.192 e. The fourth-order valence-corrected chi connectivity index (χ4v) is 4.05. The molecule has 2 heterocycles. The van der Waals surface area contributed by atoms with Crippen molar-refractivity contribution < 1.29 is 28.5 Å². The van der Waals surface area contributed by atoms with Crippen LogP contribution in [0.1, 0.15) is 41.5 Å². The molecule has 0 spiro atoms. The van der Waals surface area contributed by atoms with Gasteiger partial charge in [-0.15, -0.1) is 0 Å². The van der Waals surface area contributed by atoms with Gasteiger partial charge in [0, 0.05) is 7.11 Å². The Hall–Kier alpha value is -0.0231. The Bertz CT molecular complexity index is 458. The topological polar surface area (TPSA) is 66.4 Å². The van der Waals surface area contributed by atoms with Gasteiger partial charge in [-0.3, -0.25) is 0 Å². The van der Waals surface area contributed by atoms with Crippen LogP contribution in [0, 0.1) is 0 Å². The molecule has 0 saturated carbocycles. The summed E-state index contributed by atoms with van der Waals surface area (Å²) in [4.78, 5) is 0. The predicted octanol–water partition coefficient (Wildman–Crippen LogP) is 2.65. The van der Waals surface area contributed by atoms with Crippen LogP contribution in [0.4, 0.5) is 0 Å². The van der Waals surface area contributed by atoms with Gasteiger partial charge >= 0.3 is 0 Å². The van der Waals surface area contributed by atoms with Crippen molar-refractivity contribution in [3.8, 4) is 0 Å². The molecule has 6 nitrogen and oxygen atoms in total. The molecule has 24 heavy (non-hydrogen) atoms. The molecular formula is C17H34O6Si. The molecule has 5 atom stereocenters. The predicted molar refractivity (Wildman–Crippen MR) is 93.3 cm³/mol. The first kappa shape index (κ1) is 20.3. The van der Waals surface area contributed by atoms with E-state index in [0.717, 1.165) is 0 Å². The van der Waals surface area contributed by atoms with Crippen LogP contribution in [0.5, 0.6) is 0 Å². The van der Waals surface area contributed by atoms with Crippen LogP contribution in [-0.2, 0) is 23.4 Å². The molecule has 0 aromatic carbocycles. The summed E-state index contributed by atoms with van der Waals surface area (Å²) in [5.41, 5.74) is -1.00. The highest BCUT2D eigenvalue weighted by molar-refractivity contribution is 6.74. The maximum absolute atomic E-state index is 10.5. The zero-order valence-electron chi connectivity index (χ0n) is 16.5.